The highest BCUT2D eigenvalue weighted by Crippen LogP contribution is 2.30. The Labute approximate surface area is 130 Å². The molecule has 1 aliphatic rings. The van der Waals surface area contributed by atoms with E-state index in [1.54, 1.807) is 0 Å². The molecule has 1 N–H and O–H groups in total. The second-order valence-electron chi connectivity index (χ2n) is 5.02. The lowest BCUT2D eigenvalue weighted by Crippen LogP contribution is -2.40. The van der Waals surface area contributed by atoms with E-state index in [0.717, 1.165) is 0 Å². The van der Waals surface area contributed by atoms with E-state index < -0.39 is 21.9 Å². The summed E-state index contributed by atoms with van der Waals surface area (Å²) in [6.45, 7) is 0.295. The van der Waals surface area contributed by atoms with Crippen molar-refractivity contribution in [3.63, 3.8) is 0 Å². The van der Waals surface area contributed by atoms with Crippen LogP contribution in [0, 0.1) is 5.92 Å². The van der Waals surface area contributed by atoms with Crippen LogP contribution in [0.5, 0.6) is 0 Å². The first kappa shape index (κ1) is 15.2. The number of aromatic nitrogens is 2. The summed E-state index contributed by atoms with van der Waals surface area (Å²) in [6.07, 6.45) is 0.560. The van der Waals surface area contributed by atoms with Crippen molar-refractivity contribution >= 4 is 38.6 Å². The van der Waals surface area contributed by atoms with Gasteiger partial charge in [-0.2, -0.15) is 4.31 Å². The Balaban J connectivity index is 1.95. The smallest absolute Gasteiger partial charge is 0.306 e. The quantitative estimate of drug-likeness (QED) is 0.893. The minimum absolute atomic E-state index is 0.0399. The summed E-state index contributed by atoms with van der Waals surface area (Å²) in [5, 5.41) is 16.4. The van der Waals surface area contributed by atoms with Crippen LogP contribution < -0.4 is 0 Å². The second kappa shape index (κ2) is 5.49. The van der Waals surface area contributed by atoms with Gasteiger partial charge in [0.05, 0.1) is 10.9 Å². The largest absolute Gasteiger partial charge is 0.481 e. The molecule has 0 bridgehead atoms. The highest BCUT2D eigenvalue weighted by atomic mass is 35.5. The first-order valence-electron chi connectivity index (χ1n) is 6.55. The van der Waals surface area contributed by atoms with Crippen LogP contribution in [-0.4, -0.2) is 47.2 Å². The summed E-state index contributed by atoms with van der Waals surface area (Å²) in [5.74, 6) is -1.41. The topological polar surface area (TPSA) is 114 Å². The number of carboxylic acid groups (broad SMARTS) is 1. The molecule has 0 spiro atoms. The van der Waals surface area contributed by atoms with Crippen LogP contribution in [0.2, 0.25) is 5.02 Å². The van der Waals surface area contributed by atoms with Gasteiger partial charge in [-0.05, 0) is 35.3 Å². The average Bonchev–Trinajstić information content (AvgIpc) is 2.97. The van der Waals surface area contributed by atoms with Crippen molar-refractivity contribution in [2.24, 2.45) is 5.92 Å². The highest BCUT2D eigenvalue weighted by molar-refractivity contribution is 7.89. The molecule has 10 heteroatoms. The zero-order valence-corrected chi connectivity index (χ0v) is 12.8. The molecule has 0 saturated carbocycles. The predicted octanol–water partition coefficient (Wildman–Crippen LogP) is 1.36. The number of aliphatic carboxylic acids is 1. The van der Waals surface area contributed by atoms with E-state index in [9.17, 15) is 13.2 Å². The van der Waals surface area contributed by atoms with Crippen LogP contribution >= 0.6 is 11.6 Å². The summed E-state index contributed by atoms with van der Waals surface area (Å²) >= 11 is 5.92. The van der Waals surface area contributed by atoms with Gasteiger partial charge < -0.3 is 5.11 Å². The van der Waals surface area contributed by atoms with Gasteiger partial charge in [-0.1, -0.05) is 11.6 Å². The van der Waals surface area contributed by atoms with Crippen molar-refractivity contribution in [2.45, 2.75) is 17.7 Å². The van der Waals surface area contributed by atoms with Gasteiger partial charge in [-0.3, -0.25) is 4.79 Å². The molecule has 1 aromatic heterocycles. The van der Waals surface area contributed by atoms with Gasteiger partial charge in [-0.15, -0.1) is 0 Å². The van der Waals surface area contributed by atoms with Crippen molar-refractivity contribution in [3.8, 4) is 0 Å². The third-order valence-electron chi connectivity index (χ3n) is 3.75. The Morgan fingerprint density at radius 3 is 2.55 bits per heavy atom. The lowest BCUT2D eigenvalue weighted by Gasteiger charge is -2.29. The first-order chi connectivity index (χ1) is 10.4. The zero-order valence-electron chi connectivity index (χ0n) is 11.3. The maximum absolute atomic E-state index is 12.7. The van der Waals surface area contributed by atoms with Crippen molar-refractivity contribution in [3.05, 3.63) is 17.2 Å². The summed E-state index contributed by atoms with van der Waals surface area (Å²) in [6, 6.07) is 2.78. The minimum Gasteiger partial charge on any atom is -0.481 e. The molecule has 1 aliphatic heterocycles. The fourth-order valence-corrected chi connectivity index (χ4v) is 4.28. The Bertz CT molecular complexity index is 826. The van der Waals surface area contributed by atoms with Crippen LogP contribution in [0.25, 0.3) is 11.0 Å². The molecular formula is C12H12ClN3O5S. The fraction of sp³-hybridized carbons (Fsp3) is 0.417. The number of benzene rings is 1. The molecule has 22 heavy (non-hydrogen) atoms. The van der Waals surface area contributed by atoms with E-state index in [1.807, 2.05) is 0 Å². The SMILES string of the molecule is O=C(O)C1CCN(S(=O)(=O)c2ccc(Cl)c3nonc23)CC1. The zero-order chi connectivity index (χ0) is 15.9. The van der Waals surface area contributed by atoms with Crippen LogP contribution in [0.4, 0.5) is 0 Å². The van der Waals surface area contributed by atoms with Crippen LogP contribution in [-0.2, 0) is 14.8 Å². The van der Waals surface area contributed by atoms with E-state index in [2.05, 4.69) is 14.9 Å². The van der Waals surface area contributed by atoms with Crippen LogP contribution in [0.15, 0.2) is 21.7 Å². The molecule has 1 fully saturated rings. The van der Waals surface area contributed by atoms with Crippen molar-refractivity contribution in [2.75, 3.05) is 13.1 Å². The highest BCUT2D eigenvalue weighted by Gasteiger charge is 2.34. The fourth-order valence-electron chi connectivity index (χ4n) is 2.50. The number of hydrogen-bond acceptors (Lipinski definition) is 6. The number of rotatable bonds is 3. The number of carbonyl (C=O) groups is 1. The van der Waals surface area contributed by atoms with E-state index in [0.29, 0.717) is 0 Å². The van der Waals surface area contributed by atoms with E-state index in [-0.39, 0.29) is 46.9 Å². The molecule has 0 radical (unpaired) electrons. The van der Waals surface area contributed by atoms with E-state index >= 15 is 0 Å². The Morgan fingerprint density at radius 1 is 1.27 bits per heavy atom. The molecule has 2 aromatic rings. The third-order valence-corrected chi connectivity index (χ3v) is 5.99. The summed E-state index contributed by atoms with van der Waals surface area (Å²) in [4.78, 5) is 10.9. The predicted molar refractivity (Wildman–Crippen MR) is 75.9 cm³/mol. The van der Waals surface area contributed by atoms with Gasteiger partial charge in [0.1, 0.15) is 4.90 Å². The monoisotopic (exact) mass is 345 g/mol. The molecule has 8 nitrogen and oxygen atoms in total. The van der Waals surface area contributed by atoms with E-state index in [1.165, 1.54) is 16.4 Å². The molecule has 0 aliphatic carbocycles. The number of halogens is 1. The van der Waals surface area contributed by atoms with Gasteiger partial charge in [-0.25, -0.2) is 13.0 Å². The average molecular weight is 346 g/mol. The van der Waals surface area contributed by atoms with Crippen molar-refractivity contribution in [1.29, 1.82) is 0 Å². The van der Waals surface area contributed by atoms with Gasteiger partial charge in [0.2, 0.25) is 10.0 Å². The molecule has 1 aromatic carbocycles. The van der Waals surface area contributed by atoms with Crippen molar-refractivity contribution in [1.82, 2.24) is 14.6 Å². The normalized spacial score (nSPS) is 17.9. The number of carboxylic acids is 1. The molecule has 3 rings (SSSR count). The Kier molecular flexibility index (Phi) is 3.79. The minimum atomic E-state index is -3.81. The third kappa shape index (κ3) is 2.44. The van der Waals surface area contributed by atoms with Gasteiger partial charge in [0.15, 0.2) is 11.0 Å². The maximum Gasteiger partial charge on any atom is 0.306 e. The molecule has 118 valence electrons. The number of sulfonamides is 1. The van der Waals surface area contributed by atoms with Gasteiger partial charge >= 0.3 is 5.97 Å². The van der Waals surface area contributed by atoms with Crippen LogP contribution in [0.3, 0.4) is 0 Å². The molecule has 0 unspecified atom stereocenters. The summed E-state index contributed by atoms with van der Waals surface area (Å²) in [7, 11) is -3.81. The maximum atomic E-state index is 12.7. The molecule has 0 amide bonds. The van der Waals surface area contributed by atoms with Crippen LogP contribution in [0.1, 0.15) is 12.8 Å². The number of piperidine rings is 1. The first-order valence-corrected chi connectivity index (χ1v) is 8.37. The van der Waals surface area contributed by atoms with Gasteiger partial charge in [0, 0.05) is 13.1 Å². The van der Waals surface area contributed by atoms with Crippen molar-refractivity contribution < 1.29 is 22.9 Å². The molecule has 2 heterocycles. The number of nitrogens with zero attached hydrogens (tertiary/aromatic N) is 3. The standard InChI is InChI=1S/C12H12ClN3O5S/c13-8-1-2-9(11-10(8)14-21-15-11)22(19,20)16-5-3-7(4-6-16)12(17)18/h1-2,7H,3-6H2,(H,17,18). The summed E-state index contributed by atoms with van der Waals surface area (Å²) in [5.41, 5.74) is 0.260. The summed E-state index contributed by atoms with van der Waals surface area (Å²) < 4.78 is 31.3. The number of fused-ring (bicyclic) bond motifs is 1. The Hall–Kier alpha value is -1.71. The molecule has 0 atom stereocenters. The molecule has 1 saturated heterocycles. The second-order valence-corrected chi connectivity index (χ2v) is 7.34. The van der Waals surface area contributed by atoms with E-state index in [4.69, 9.17) is 16.7 Å². The molecular weight excluding hydrogens is 334 g/mol. The Morgan fingerprint density at radius 2 is 1.91 bits per heavy atom. The lowest BCUT2D eigenvalue weighted by atomic mass is 9.99. The number of hydrogen-bond donors (Lipinski definition) is 1. The van der Waals surface area contributed by atoms with Gasteiger partial charge in [0.25, 0.3) is 0 Å². The lowest BCUT2D eigenvalue weighted by molar-refractivity contribution is -0.142.